The number of fused-ring (bicyclic) bond motifs is 4. The molecular formula is C15H16S. The Labute approximate surface area is 101 Å². The summed E-state index contributed by atoms with van der Waals surface area (Å²) in [5.41, 5.74) is 4.65. The fraction of sp³-hybridized carbons (Fsp3) is 0.333. The van der Waals surface area contributed by atoms with Gasteiger partial charge in [-0.1, -0.05) is 48.9 Å². The zero-order valence-corrected chi connectivity index (χ0v) is 10.6. The van der Waals surface area contributed by atoms with Crippen LogP contribution in [-0.2, 0) is 0 Å². The summed E-state index contributed by atoms with van der Waals surface area (Å²) >= 11 is 1.98. The van der Waals surface area contributed by atoms with Crippen LogP contribution in [0.3, 0.4) is 0 Å². The molecule has 1 aromatic carbocycles. The Bertz CT molecular complexity index is 484. The van der Waals surface area contributed by atoms with Gasteiger partial charge in [0.15, 0.2) is 0 Å². The van der Waals surface area contributed by atoms with Crippen LogP contribution in [0.15, 0.2) is 41.3 Å². The van der Waals surface area contributed by atoms with Crippen LogP contribution in [-0.4, -0.2) is 0 Å². The summed E-state index contributed by atoms with van der Waals surface area (Å²) in [5.74, 6) is 0. The Balaban J connectivity index is 2.16. The molecule has 0 N–H and O–H groups in total. The van der Waals surface area contributed by atoms with Gasteiger partial charge in [-0.2, -0.15) is 0 Å². The monoisotopic (exact) mass is 228 g/mol. The van der Waals surface area contributed by atoms with E-state index in [1.807, 2.05) is 11.8 Å². The SMILES string of the molecule is CC1=CSC2CC1(C)C=Cc1ccccc12. The molecule has 0 spiro atoms. The highest BCUT2D eigenvalue weighted by Gasteiger charge is 2.34. The summed E-state index contributed by atoms with van der Waals surface area (Å²) in [7, 11) is 0. The maximum atomic E-state index is 2.39. The van der Waals surface area contributed by atoms with Crippen molar-refractivity contribution < 1.29 is 0 Å². The lowest BCUT2D eigenvalue weighted by molar-refractivity contribution is 0.464. The van der Waals surface area contributed by atoms with Gasteiger partial charge in [-0.3, -0.25) is 0 Å². The van der Waals surface area contributed by atoms with Crippen molar-refractivity contribution in [1.29, 1.82) is 0 Å². The van der Waals surface area contributed by atoms with Gasteiger partial charge in [0.2, 0.25) is 0 Å². The topological polar surface area (TPSA) is 0 Å². The summed E-state index contributed by atoms with van der Waals surface area (Å²) in [6, 6.07) is 8.79. The fourth-order valence-corrected chi connectivity index (χ4v) is 3.97. The largest absolute Gasteiger partial charge is 0.126 e. The third-order valence-corrected chi connectivity index (χ3v) is 5.13. The van der Waals surface area contributed by atoms with Crippen LogP contribution in [0.2, 0.25) is 0 Å². The molecule has 1 aliphatic carbocycles. The van der Waals surface area contributed by atoms with Gasteiger partial charge in [0.05, 0.1) is 0 Å². The highest BCUT2D eigenvalue weighted by molar-refractivity contribution is 8.02. The normalized spacial score (nSPS) is 31.6. The summed E-state index contributed by atoms with van der Waals surface area (Å²) in [4.78, 5) is 0. The molecule has 2 bridgehead atoms. The molecule has 82 valence electrons. The molecule has 3 rings (SSSR count). The highest BCUT2D eigenvalue weighted by Crippen LogP contribution is 2.52. The highest BCUT2D eigenvalue weighted by atomic mass is 32.2. The van der Waals surface area contributed by atoms with Crippen LogP contribution in [0.4, 0.5) is 0 Å². The average molecular weight is 228 g/mol. The molecule has 2 aliphatic rings. The third kappa shape index (κ3) is 1.46. The smallest absolute Gasteiger partial charge is 0.0355 e. The molecule has 0 fully saturated rings. The maximum Gasteiger partial charge on any atom is 0.0355 e. The van der Waals surface area contributed by atoms with Crippen molar-refractivity contribution in [2.45, 2.75) is 25.5 Å². The van der Waals surface area contributed by atoms with Crippen LogP contribution in [0.25, 0.3) is 6.08 Å². The zero-order valence-electron chi connectivity index (χ0n) is 9.73. The predicted octanol–water partition coefficient (Wildman–Crippen LogP) is 4.80. The molecule has 2 atom stereocenters. The van der Waals surface area contributed by atoms with E-state index in [0.717, 1.165) is 0 Å². The lowest BCUT2D eigenvalue weighted by Crippen LogP contribution is -2.19. The fourth-order valence-electron chi connectivity index (χ4n) is 2.53. The summed E-state index contributed by atoms with van der Waals surface area (Å²) < 4.78 is 0. The van der Waals surface area contributed by atoms with Crippen molar-refractivity contribution in [2.75, 3.05) is 0 Å². The first-order valence-electron chi connectivity index (χ1n) is 5.80. The van der Waals surface area contributed by atoms with Crippen LogP contribution in [0.1, 0.15) is 36.6 Å². The van der Waals surface area contributed by atoms with Crippen molar-refractivity contribution in [2.24, 2.45) is 5.41 Å². The molecule has 2 unspecified atom stereocenters. The van der Waals surface area contributed by atoms with E-state index in [1.54, 1.807) is 0 Å². The quantitative estimate of drug-likeness (QED) is 0.614. The van der Waals surface area contributed by atoms with Crippen molar-refractivity contribution in [1.82, 2.24) is 0 Å². The lowest BCUT2D eigenvalue weighted by atomic mass is 9.79. The van der Waals surface area contributed by atoms with E-state index < -0.39 is 0 Å². The van der Waals surface area contributed by atoms with Crippen LogP contribution in [0, 0.1) is 5.41 Å². The molecule has 16 heavy (non-hydrogen) atoms. The molecule has 1 heterocycles. The molecule has 1 aromatic rings. The van der Waals surface area contributed by atoms with E-state index in [9.17, 15) is 0 Å². The Morgan fingerprint density at radius 1 is 1.31 bits per heavy atom. The van der Waals surface area contributed by atoms with E-state index in [4.69, 9.17) is 0 Å². The van der Waals surface area contributed by atoms with E-state index >= 15 is 0 Å². The van der Waals surface area contributed by atoms with Crippen molar-refractivity contribution in [3.05, 3.63) is 52.4 Å². The number of rotatable bonds is 0. The first kappa shape index (κ1) is 10.2. The standard InChI is InChI=1S/C15H16S/c1-11-10-16-14-9-15(11,2)8-7-12-5-3-4-6-13(12)14/h3-8,10,14H,9H2,1-2H3. The van der Waals surface area contributed by atoms with E-state index in [2.05, 4.69) is 55.7 Å². The second-order valence-electron chi connectivity index (χ2n) is 5.01. The molecule has 1 aliphatic heterocycles. The summed E-state index contributed by atoms with van der Waals surface area (Å²) in [5, 5.41) is 2.97. The van der Waals surface area contributed by atoms with Gasteiger partial charge in [-0.05, 0) is 29.9 Å². The number of hydrogen-bond donors (Lipinski definition) is 0. The molecule has 0 aromatic heterocycles. The molecule has 0 saturated carbocycles. The molecule has 0 saturated heterocycles. The first-order chi connectivity index (χ1) is 7.69. The predicted molar refractivity (Wildman–Crippen MR) is 72.3 cm³/mol. The molecule has 0 nitrogen and oxygen atoms in total. The second kappa shape index (κ2) is 3.53. The van der Waals surface area contributed by atoms with Crippen molar-refractivity contribution in [3.8, 4) is 0 Å². The Morgan fingerprint density at radius 2 is 2.12 bits per heavy atom. The Hall–Kier alpha value is -0.950. The second-order valence-corrected chi connectivity index (χ2v) is 6.09. The first-order valence-corrected chi connectivity index (χ1v) is 6.74. The molecule has 1 heteroatoms. The minimum atomic E-state index is 0.259. The third-order valence-electron chi connectivity index (χ3n) is 3.89. The molecular weight excluding hydrogens is 212 g/mol. The van der Waals surface area contributed by atoms with E-state index in [-0.39, 0.29) is 5.41 Å². The van der Waals surface area contributed by atoms with Gasteiger partial charge >= 0.3 is 0 Å². The number of thioether (sulfide) groups is 1. The van der Waals surface area contributed by atoms with Crippen molar-refractivity contribution in [3.63, 3.8) is 0 Å². The maximum absolute atomic E-state index is 2.39. The van der Waals surface area contributed by atoms with Crippen LogP contribution < -0.4 is 0 Å². The Morgan fingerprint density at radius 3 is 3.00 bits per heavy atom. The minimum Gasteiger partial charge on any atom is -0.126 e. The summed E-state index contributed by atoms with van der Waals surface area (Å²) in [6.45, 7) is 4.61. The van der Waals surface area contributed by atoms with Crippen LogP contribution in [0.5, 0.6) is 0 Å². The lowest BCUT2D eigenvalue weighted by Gasteiger charge is -2.34. The average Bonchev–Trinajstić information content (AvgIpc) is 2.42. The van der Waals surface area contributed by atoms with E-state index in [1.165, 1.54) is 23.1 Å². The van der Waals surface area contributed by atoms with Gasteiger partial charge in [-0.25, -0.2) is 0 Å². The number of benzene rings is 1. The van der Waals surface area contributed by atoms with Gasteiger partial charge in [-0.15, -0.1) is 11.8 Å². The van der Waals surface area contributed by atoms with Crippen molar-refractivity contribution >= 4 is 17.8 Å². The minimum absolute atomic E-state index is 0.259. The van der Waals surface area contributed by atoms with E-state index in [0.29, 0.717) is 5.25 Å². The van der Waals surface area contributed by atoms with Gasteiger partial charge < -0.3 is 0 Å². The number of allylic oxidation sites excluding steroid dienone is 2. The Kier molecular flexibility index (Phi) is 2.25. The van der Waals surface area contributed by atoms with Crippen LogP contribution >= 0.6 is 11.8 Å². The molecule has 0 radical (unpaired) electrons. The summed E-state index contributed by atoms with van der Waals surface area (Å²) in [6.07, 6.45) is 5.92. The zero-order chi connectivity index (χ0) is 11.2. The van der Waals surface area contributed by atoms with Gasteiger partial charge in [0.1, 0.15) is 0 Å². The number of hydrogen-bond acceptors (Lipinski definition) is 1. The molecule has 0 amide bonds. The van der Waals surface area contributed by atoms with Gasteiger partial charge in [0, 0.05) is 10.7 Å². The van der Waals surface area contributed by atoms with Gasteiger partial charge in [0.25, 0.3) is 0 Å².